The molecule has 0 aliphatic rings. The number of hydrogen-bond donors (Lipinski definition) is 3. The van der Waals surface area contributed by atoms with Crippen LogP contribution in [0.3, 0.4) is 0 Å². The second-order valence-corrected chi connectivity index (χ2v) is 10.1. The van der Waals surface area contributed by atoms with Gasteiger partial charge < -0.3 is 24.3 Å². The number of nitrogens with zero attached hydrogens (tertiary/aromatic N) is 2. The number of carbonyl (C=O) groups excluding carboxylic acids is 1. The number of amides is 1. The normalized spacial score (nSPS) is 12.4. The van der Waals surface area contributed by atoms with Crippen LogP contribution in [0.4, 0.5) is 0 Å². The molecule has 1 heterocycles. The molecule has 0 spiro atoms. The highest BCUT2D eigenvalue weighted by atomic mass is 35.5. The standard InChI is InChI=1S/C22H21Cl2N2O7P/c1-13-8-19(25-33-13)22(29)26(11-14-2-4-15(5-3-14)12-34(30,31)32)20(10-21(27)28)16-6-7-17(23)18(24)9-16/h2-9,20H,10-12H2,1H3,(H,27,28)(H2,30,31,32). The number of halogens is 2. The lowest BCUT2D eigenvalue weighted by atomic mass is 10.00. The lowest BCUT2D eigenvalue weighted by Gasteiger charge is -2.31. The molecule has 12 heteroatoms. The van der Waals surface area contributed by atoms with Crippen LogP contribution in [-0.2, 0) is 22.1 Å². The molecule has 0 saturated carbocycles. The van der Waals surface area contributed by atoms with Gasteiger partial charge in [0.15, 0.2) is 5.69 Å². The van der Waals surface area contributed by atoms with Crippen LogP contribution in [0.25, 0.3) is 0 Å². The first-order valence-electron chi connectivity index (χ1n) is 9.96. The van der Waals surface area contributed by atoms with Crippen LogP contribution in [0.15, 0.2) is 53.1 Å². The van der Waals surface area contributed by atoms with Crippen LogP contribution in [0.2, 0.25) is 10.0 Å². The Morgan fingerprint density at radius 2 is 1.71 bits per heavy atom. The van der Waals surface area contributed by atoms with Gasteiger partial charge in [-0.3, -0.25) is 14.2 Å². The molecule has 0 radical (unpaired) electrons. The van der Waals surface area contributed by atoms with Crippen molar-refractivity contribution in [1.82, 2.24) is 10.1 Å². The number of aryl methyl sites for hydroxylation is 1. The Balaban J connectivity index is 2.02. The Morgan fingerprint density at radius 3 is 2.24 bits per heavy atom. The van der Waals surface area contributed by atoms with Gasteiger partial charge in [-0.05, 0) is 35.7 Å². The van der Waals surface area contributed by atoms with Crippen molar-refractivity contribution in [2.24, 2.45) is 0 Å². The number of hydrogen-bond acceptors (Lipinski definition) is 5. The highest BCUT2D eigenvalue weighted by Gasteiger charge is 2.30. The van der Waals surface area contributed by atoms with E-state index in [4.69, 9.17) is 27.7 Å². The van der Waals surface area contributed by atoms with E-state index in [1.54, 1.807) is 37.3 Å². The Morgan fingerprint density at radius 1 is 1.06 bits per heavy atom. The minimum absolute atomic E-state index is 0.00562. The second-order valence-electron chi connectivity index (χ2n) is 7.68. The Bertz CT molecular complexity index is 1240. The van der Waals surface area contributed by atoms with Crippen LogP contribution in [-0.4, -0.2) is 36.8 Å². The quantitative estimate of drug-likeness (QED) is 0.336. The lowest BCUT2D eigenvalue weighted by Crippen LogP contribution is -2.36. The molecule has 0 aliphatic heterocycles. The van der Waals surface area contributed by atoms with Gasteiger partial charge in [0.25, 0.3) is 5.91 Å². The minimum atomic E-state index is -4.24. The number of rotatable bonds is 9. The van der Waals surface area contributed by atoms with Gasteiger partial charge in [0.05, 0.1) is 28.7 Å². The molecule has 34 heavy (non-hydrogen) atoms. The molecule has 3 rings (SSSR count). The molecule has 180 valence electrons. The van der Waals surface area contributed by atoms with Gasteiger partial charge in [-0.15, -0.1) is 0 Å². The van der Waals surface area contributed by atoms with E-state index in [1.165, 1.54) is 23.1 Å². The summed E-state index contributed by atoms with van der Waals surface area (Å²) < 4.78 is 16.3. The van der Waals surface area contributed by atoms with Gasteiger partial charge in [0.1, 0.15) is 5.76 Å². The molecule has 0 fully saturated rings. The summed E-state index contributed by atoms with van der Waals surface area (Å²) in [4.78, 5) is 44.8. The van der Waals surface area contributed by atoms with Crippen molar-refractivity contribution in [3.05, 3.63) is 86.7 Å². The first-order valence-corrected chi connectivity index (χ1v) is 12.5. The van der Waals surface area contributed by atoms with E-state index in [9.17, 15) is 29.0 Å². The van der Waals surface area contributed by atoms with Gasteiger partial charge in [-0.2, -0.15) is 0 Å². The van der Waals surface area contributed by atoms with Gasteiger partial charge in [-0.1, -0.05) is 58.7 Å². The predicted octanol–water partition coefficient (Wildman–Crippen LogP) is 4.83. The number of aromatic nitrogens is 1. The number of benzene rings is 2. The highest BCUT2D eigenvalue weighted by Crippen LogP contribution is 2.39. The fraction of sp³-hybridized carbons (Fsp3) is 0.227. The van der Waals surface area contributed by atoms with E-state index in [-0.39, 0.29) is 22.3 Å². The van der Waals surface area contributed by atoms with Crippen molar-refractivity contribution in [2.75, 3.05) is 0 Å². The van der Waals surface area contributed by atoms with Gasteiger partial charge >= 0.3 is 13.6 Å². The molecular weight excluding hydrogens is 506 g/mol. The zero-order valence-electron chi connectivity index (χ0n) is 17.9. The topological polar surface area (TPSA) is 141 Å². The first kappa shape index (κ1) is 25.9. The van der Waals surface area contributed by atoms with Crippen molar-refractivity contribution in [2.45, 2.75) is 32.1 Å². The van der Waals surface area contributed by atoms with Crippen molar-refractivity contribution in [3.8, 4) is 0 Å². The van der Waals surface area contributed by atoms with Crippen LogP contribution < -0.4 is 0 Å². The molecule has 3 aromatic rings. The molecular formula is C22H21Cl2N2O7P. The molecule has 9 nitrogen and oxygen atoms in total. The third-order valence-electron chi connectivity index (χ3n) is 4.95. The number of carboxylic acid groups (broad SMARTS) is 1. The van der Waals surface area contributed by atoms with Crippen molar-refractivity contribution in [3.63, 3.8) is 0 Å². The monoisotopic (exact) mass is 526 g/mol. The number of carboxylic acids is 1. The lowest BCUT2D eigenvalue weighted by molar-refractivity contribution is -0.138. The average molecular weight is 527 g/mol. The van der Waals surface area contributed by atoms with E-state index in [0.29, 0.717) is 22.5 Å². The highest BCUT2D eigenvalue weighted by molar-refractivity contribution is 7.50. The number of carbonyl (C=O) groups is 2. The van der Waals surface area contributed by atoms with Crippen LogP contribution in [0, 0.1) is 6.92 Å². The Hall–Kier alpha value is -2.68. The summed E-state index contributed by atoms with van der Waals surface area (Å²) in [5, 5.41) is 13.8. The van der Waals surface area contributed by atoms with E-state index in [2.05, 4.69) is 5.16 Å². The first-order chi connectivity index (χ1) is 15.9. The molecule has 0 saturated heterocycles. The third kappa shape index (κ3) is 6.91. The summed E-state index contributed by atoms with van der Waals surface area (Å²) in [5.41, 5.74) is 1.50. The predicted molar refractivity (Wildman–Crippen MR) is 125 cm³/mol. The van der Waals surface area contributed by atoms with Crippen LogP contribution >= 0.6 is 30.8 Å². The molecule has 0 bridgehead atoms. The van der Waals surface area contributed by atoms with Crippen molar-refractivity contribution >= 4 is 42.7 Å². The Labute approximate surface area is 205 Å². The summed E-state index contributed by atoms with van der Waals surface area (Å²) in [7, 11) is -4.24. The average Bonchev–Trinajstić information content (AvgIpc) is 3.18. The summed E-state index contributed by atoms with van der Waals surface area (Å²) >= 11 is 12.2. The van der Waals surface area contributed by atoms with Crippen molar-refractivity contribution < 1.29 is 33.6 Å². The van der Waals surface area contributed by atoms with E-state index < -0.39 is 38.1 Å². The van der Waals surface area contributed by atoms with E-state index >= 15 is 0 Å². The molecule has 1 unspecified atom stereocenters. The maximum absolute atomic E-state index is 13.4. The van der Waals surface area contributed by atoms with E-state index in [0.717, 1.165) is 0 Å². The smallest absolute Gasteiger partial charge is 0.329 e. The summed E-state index contributed by atoms with van der Waals surface area (Å²) in [6.45, 7) is 1.61. The maximum atomic E-state index is 13.4. The van der Waals surface area contributed by atoms with Gasteiger partial charge in [0.2, 0.25) is 0 Å². The fourth-order valence-electron chi connectivity index (χ4n) is 3.42. The zero-order valence-corrected chi connectivity index (χ0v) is 20.3. The van der Waals surface area contributed by atoms with Crippen LogP contribution in [0.5, 0.6) is 0 Å². The molecule has 1 atom stereocenters. The maximum Gasteiger partial charge on any atom is 0.329 e. The fourth-order valence-corrected chi connectivity index (χ4v) is 4.41. The van der Waals surface area contributed by atoms with Gasteiger partial charge in [-0.25, -0.2) is 0 Å². The SMILES string of the molecule is Cc1cc(C(=O)N(Cc2ccc(CP(=O)(O)O)cc2)C(CC(=O)O)c2ccc(Cl)c(Cl)c2)no1. The second kappa shape index (κ2) is 10.7. The molecule has 1 aromatic heterocycles. The Kier molecular flexibility index (Phi) is 8.17. The molecule has 1 amide bonds. The molecule has 3 N–H and O–H groups in total. The summed E-state index contributed by atoms with van der Waals surface area (Å²) in [5.74, 6) is -1.29. The largest absolute Gasteiger partial charge is 0.481 e. The summed E-state index contributed by atoms with van der Waals surface area (Å²) in [6.07, 6.45) is -0.837. The minimum Gasteiger partial charge on any atom is -0.481 e. The van der Waals surface area contributed by atoms with Gasteiger partial charge in [0, 0.05) is 12.6 Å². The zero-order chi connectivity index (χ0) is 25.0. The summed E-state index contributed by atoms with van der Waals surface area (Å²) in [6, 6.07) is 11.5. The van der Waals surface area contributed by atoms with Crippen LogP contribution in [0.1, 0.15) is 45.4 Å². The van der Waals surface area contributed by atoms with E-state index in [1.807, 2.05) is 0 Å². The number of aliphatic carboxylic acids is 1. The van der Waals surface area contributed by atoms with Crippen molar-refractivity contribution in [1.29, 1.82) is 0 Å². The molecule has 0 aliphatic carbocycles. The molecule has 2 aromatic carbocycles. The third-order valence-corrected chi connectivity index (χ3v) is 6.46.